The molecule has 2 atom stereocenters. The lowest BCUT2D eigenvalue weighted by molar-refractivity contribution is -0.154. The largest absolute Gasteiger partial charge is 0.465 e. The van der Waals surface area contributed by atoms with Crippen LogP contribution in [-0.2, 0) is 25.6 Å². The number of benzene rings is 1. The van der Waals surface area contributed by atoms with Crippen LogP contribution in [0.2, 0.25) is 0 Å². The summed E-state index contributed by atoms with van der Waals surface area (Å²) in [6.07, 6.45) is 7.42. The highest BCUT2D eigenvalue weighted by molar-refractivity contribution is 9.10. The van der Waals surface area contributed by atoms with Crippen molar-refractivity contribution in [3.63, 3.8) is 0 Å². The summed E-state index contributed by atoms with van der Waals surface area (Å²) < 4.78 is 10.2. The van der Waals surface area contributed by atoms with Gasteiger partial charge in [-0.3, -0.25) is 9.59 Å². The first-order chi connectivity index (χ1) is 14.3. The number of carbonyl (C=O) groups is 3. The smallest absolute Gasteiger partial charge is 0.337 e. The average Bonchev–Trinajstić information content (AvgIpc) is 2.68. The van der Waals surface area contributed by atoms with E-state index in [1.807, 2.05) is 0 Å². The second kappa shape index (κ2) is 8.33. The molecule has 0 aliphatic heterocycles. The van der Waals surface area contributed by atoms with E-state index in [1.54, 1.807) is 24.3 Å². The molecular weight excluding hydrogens is 450 g/mol. The van der Waals surface area contributed by atoms with Gasteiger partial charge in [0.2, 0.25) is 0 Å². The molecule has 0 unspecified atom stereocenters. The molecule has 0 spiro atoms. The normalized spacial score (nSPS) is 31.3. The molecule has 6 nitrogen and oxygen atoms in total. The van der Waals surface area contributed by atoms with E-state index in [0.29, 0.717) is 30.4 Å². The highest BCUT2D eigenvalue weighted by atomic mass is 79.9. The third-order valence-electron chi connectivity index (χ3n) is 6.86. The first-order valence-corrected chi connectivity index (χ1v) is 11.4. The molecule has 0 radical (unpaired) electrons. The molecule has 0 saturated heterocycles. The van der Waals surface area contributed by atoms with Crippen LogP contribution in [0.5, 0.6) is 0 Å². The van der Waals surface area contributed by atoms with Gasteiger partial charge in [0.05, 0.1) is 19.1 Å². The minimum Gasteiger partial charge on any atom is -0.465 e. The van der Waals surface area contributed by atoms with Crippen LogP contribution in [0.1, 0.15) is 60.9 Å². The number of alkyl halides is 1. The molecule has 5 rings (SSSR count). The van der Waals surface area contributed by atoms with Crippen molar-refractivity contribution in [1.29, 1.82) is 0 Å². The Kier molecular flexibility index (Phi) is 5.93. The zero-order valence-corrected chi connectivity index (χ0v) is 18.8. The van der Waals surface area contributed by atoms with Crippen LogP contribution in [0, 0.1) is 17.3 Å². The van der Waals surface area contributed by atoms with Crippen molar-refractivity contribution >= 4 is 33.8 Å². The number of hydrogen-bond donors (Lipinski definition) is 1. The van der Waals surface area contributed by atoms with E-state index >= 15 is 0 Å². The Hall–Kier alpha value is -1.89. The zero-order valence-electron chi connectivity index (χ0n) is 17.2. The second-order valence-electron chi connectivity index (χ2n) is 9.41. The summed E-state index contributed by atoms with van der Waals surface area (Å²) >= 11 is 3.96. The van der Waals surface area contributed by atoms with E-state index in [9.17, 15) is 14.4 Å². The summed E-state index contributed by atoms with van der Waals surface area (Å²) in [5, 5.41) is 2.74. The van der Waals surface area contributed by atoms with Crippen LogP contribution in [0.3, 0.4) is 0 Å². The van der Waals surface area contributed by atoms with Crippen LogP contribution < -0.4 is 5.32 Å². The van der Waals surface area contributed by atoms with E-state index in [1.165, 1.54) is 26.4 Å². The number of ether oxygens (including phenoxy) is 2. The van der Waals surface area contributed by atoms with Crippen LogP contribution in [-0.4, -0.2) is 35.9 Å². The molecule has 4 bridgehead atoms. The topological polar surface area (TPSA) is 81.7 Å². The van der Waals surface area contributed by atoms with Crippen LogP contribution in [0.15, 0.2) is 24.3 Å². The maximum Gasteiger partial charge on any atom is 0.337 e. The molecule has 1 N–H and O–H groups in total. The zero-order chi connectivity index (χ0) is 21.4. The van der Waals surface area contributed by atoms with Gasteiger partial charge in [-0.25, -0.2) is 4.79 Å². The lowest BCUT2D eigenvalue weighted by Gasteiger charge is -2.60. The Balaban J connectivity index is 1.22. The lowest BCUT2D eigenvalue weighted by atomic mass is 9.49. The number of nitrogens with one attached hydrogen (secondary N) is 1. The number of halogens is 1. The third kappa shape index (κ3) is 4.71. The summed E-state index contributed by atoms with van der Waals surface area (Å²) in [5.41, 5.74) is 1.35. The van der Waals surface area contributed by atoms with Gasteiger partial charge in [0, 0.05) is 10.9 Å². The number of amides is 1. The summed E-state index contributed by atoms with van der Waals surface area (Å²) in [7, 11) is 1.33. The number of hydrogen-bond acceptors (Lipinski definition) is 5. The fraction of sp³-hybridized carbons (Fsp3) is 0.609. The van der Waals surface area contributed by atoms with Gasteiger partial charge in [-0.05, 0) is 73.5 Å². The maximum atomic E-state index is 12.5. The number of carbonyl (C=O) groups excluding carboxylic acids is 3. The van der Waals surface area contributed by atoms with Gasteiger partial charge < -0.3 is 14.8 Å². The fourth-order valence-electron chi connectivity index (χ4n) is 6.17. The fourth-order valence-corrected chi connectivity index (χ4v) is 7.68. The summed E-state index contributed by atoms with van der Waals surface area (Å²) in [6.45, 7) is 0.0404. The van der Waals surface area contributed by atoms with Gasteiger partial charge >= 0.3 is 11.9 Å². The average molecular weight is 478 g/mol. The maximum absolute atomic E-state index is 12.5. The molecule has 0 heterocycles. The van der Waals surface area contributed by atoms with Crippen LogP contribution in [0.25, 0.3) is 0 Å². The minimum absolute atomic E-state index is 0.0442. The second-order valence-corrected chi connectivity index (χ2v) is 11.1. The van der Waals surface area contributed by atoms with E-state index in [-0.39, 0.29) is 28.2 Å². The van der Waals surface area contributed by atoms with Crippen LogP contribution in [0.4, 0.5) is 0 Å². The van der Waals surface area contributed by atoms with Crippen molar-refractivity contribution in [3.05, 3.63) is 35.4 Å². The molecule has 1 aromatic rings. The standard InChI is InChI=1S/C23H28BrNO5/c1-29-21(28)18-4-2-15(3-5-18)12-25-19(26)13-30-20(27)11-22-7-16-6-17(8-22)10-23(24,9-16)14-22/h2-5,16-17H,6-14H2,1H3,(H,25,26)/t16-,17-,22?,23?/m1/s1. The quantitative estimate of drug-likeness (QED) is 0.477. The van der Waals surface area contributed by atoms with Crippen molar-refractivity contribution < 1.29 is 23.9 Å². The van der Waals surface area contributed by atoms with Crippen LogP contribution >= 0.6 is 15.9 Å². The van der Waals surface area contributed by atoms with Gasteiger partial charge in [-0.2, -0.15) is 0 Å². The Labute approximate surface area is 185 Å². The Morgan fingerprint density at radius 1 is 1.10 bits per heavy atom. The molecule has 30 heavy (non-hydrogen) atoms. The lowest BCUT2D eigenvalue weighted by Crippen LogP contribution is -2.53. The van der Waals surface area contributed by atoms with Gasteiger partial charge in [-0.1, -0.05) is 28.1 Å². The van der Waals surface area contributed by atoms with Crippen molar-refractivity contribution in [3.8, 4) is 0 Å². The van der Waals surface area contributed by atoms with E-state index < -0.39 is 5.97 Å². The predicted octanol–water partition coefficient (Wildman–Crippen LogP) is 3.76. The van der Waals surface area contributed by atoms with E-state index in [4.69, 9.17) is 4.74 Å². The molecule has 0 aromatic heterocycles. The first kappa shape index (κ1) is 21.3. The Morgan fingerprint density at radius 2 is 1.77 bits per heavy atom. The summed E-state index contributed by atoms with van der Waals surface area (Å²) in [6, 6.07) is 6.80. The van der Waals surface area contributed by atoms with Crippen molar-refractivity contribution in [2.24, 2.45) is 17.3 Å². The minimum atomic E-state index is -0.401. The number of rotatable bonds is 7. The first-order valence-electron chi connectivity index (χ1n) is 10.6. The molecule has 4 saturated carbocycles. The van der Waals surface area contributed by atoms with Gasteiger partial charge in [0.25, 0.3) is 5.91 Å². The molecule has 1 aromatic carbocycles. The van der Waals surface area contributed by atoms with E-state index in [0.717, 1.165) is 24.8 Å². The summed E-state index contributed by atoms with van der Waals surface area (Å²) in [4.78, 5) is 36.0. The number of esters is 2. The molecular formula is C23H28BrNO5. The van der Waals surface area contributed by atoms with E-state index in [2.05, 4.69) is 26.0 Å². The Bertz CT molecular complexity index is 823. The van der Waals surface area contributed by atoms with Gasteiger partial charge in [0.1, 0.15) is 0 Å². The molecule has 7 heteroatoms. The predicted molar refractivity (Wildman–Crippen MR) is 114 cm³/mol. The summed E-state index contributed by atoms with van der Waals surface area (Å²) in [5.74, 6) is 0.426. The highest BCUT2D eigenvalue weighted by Gasteiger charge is 2.57. The van der Waals surface area contributed by atoms with Crippen molar-refractivity contribution in [2.75, 3.05) is 13.7 Å². The monoisotopic (exact) mass is 477 g/mol. The van der Waals surface area contributed by atoms with Gasteiger partial charge in [-0.15, -0.1) is 0 Å². The molecule has 162 valence electrons. The third-order valence-corrected chi connectivity index (χ3v) is 7.79. The SMILES string of the molecule is COC(=O)c1ccc(CNC(=O)COC(=O)CC23C[C@H]4C[C@@H](CC(Br)(C4)C2)C3)cc1. The molecule has 1 amide bonds. The van der Waals surface area contributed by atoms with Crippen molar-refractivity contribution in [1.82, 2.24) is 5.32 Å². The number of methoxy groups -OCH3 is 1. The Morgan fingerprint density at radius 3 is 2.37 bits per heavy atom. The van der Waals surface area contributed by atoms with Gasteiger partial charge in [0.15, 0.2) is 6.61 Å². The molecule has 4 aliphatic carbocycles. The molecule has 4 fully saturated rings. The molecule has 4 aliphatic rings. The van der Waals surface area contributed by atoms with Crippen molar-refractivity contribution in [2.45, 2.75) is 55.8 Å². The highest BCUT2D eigenvalue weighted by Crippen LogP contribution is 2.65.